The first-order valence-electron chi connectivity index (χ1n) is 14.9. The number of benzene rings is 3. The highest BCUT2D eigenvalue weighted by Gasteiger charge is 2.16. The average molecular weight is 622 g/mol. The molecule has 0 spiro atoms. The second-order valence-electron chi connectivity index (χ2n) is 10.4. The van der Waals surface area contributed by atoms with Crippen LogP contribution in [0, 0.1) is 5.82 Å². The summed E-state index contributed by atoms with van der Waals surface area (Å²) in [6.07, 6.45) is 10.0. The second kappa shape index (κ2) is 13.7. The van der Waals surface area contributed by atoms with Crippen LogP contribution in [-0.2, 0) is 0 Å². The summed E-state index contributed by atoms with van der Waals surface area (Å²) >= 11 is 1.24. The molecule has 0 bridgehead atoms. The molecule has 0 N–H and O–H groups in total. The van der Waals surface area contributed by atoms with Gasteiger partial charge in [0.2, 0.25) is 4.96 Å². The van der Waals surface area contributed by atoms with Crippen LogP contribution in [0.1, 0.15) is 50.1 Å². The Balaban J connectivity index is 1.32. The maximum absolute atomic E-state index is 15.0. The summed E-state index contributed by atoms with van der Waals surface area (Å²) in [5.41, 5.74) is 3.28. The van der Waals surface area contributed by atoms with Crippen molar-refractivity contribution in [3.8, 4) is 28.4 Å². The van der Waals surface area contributed by atoms with Gasteiger partial charge in [0, 0.05) is 17.3 Å². The number of para-hydroxylation sites is 1. The van der Waals surface area contributed by atoms with Gasteiger partial charge >= 0.3 is 0 Å². The zero-order valence-corrected chi connectivity index (χ0v) is 25.8. The minimum absolute atomic E-state index is 0.204. The molecule has 3 aromatic carbocycles. The van der Waals surface area contributed by atoms with Crippen LogP contribution >= 0.6 is 11.3 Å². The van der Waals surface area contributed by atoms with E-state index in [2.05, 4.69) is 23.9 Å². The summed E-state index contributed by atoms with van der Waals surface area (Å²) in [5.74, 6) is 1.000. The van der Waals surface area contributed by atoms with E-state index in [0.717, 1.165) is 36.3 Å². The molecule has 0 unspecified atom stereocenters. The molecule has 0 aliphatic heterocycles. The molecule has 6 rings (SSSR count). The number of hydrogen-bond donors (Lipinski definition) is 0. The smallest absolute Gasteiger partial charge is 0.291 e. The summed E-state index contributed by atoms with van der Waals surface area (Å²) in [4.78, 5) is 18.4. The molecular weight excluding hydrogens is 589 g/mol. The Labute approximate surface area is 263 Å². The highest BCUT2D eigenvalue weighted by atomic mass is 32.1. The summed E-state index contributed by atoms with van der Waals surface area (Å²) in [7, 11) is 0. The number of ether oxygens (including phenoxy) is 2. The van der Waals surface area contributed by atoms with Gasteiger partial charge in [0.25, 0.3) is 5.56 Å². The van der Waals surface area contributed by atoms with Gasteiger partial charge in [0.1, 0.15) is 11.4 Å². The van der Waals surface area contributed by atoms with Gasteiger partial charge in [-0.05, 0) is 73.0 Å². The van der Waals surface area contributed by atoms with Crippen LogP contribution in [0.5, 0.6) is 11.5 Å². The molecule has 0 atom stereocenters. The van der Waals surface area contributed by atoms with Crippen molar-refractivity contribution in [3.05, 3.63) is 117 Å². The number of rotatable bonds is 12. The molecule has 0 aliphatic rings. The number of unbranched alkanes of at least 4 members (excludes halogenated alkanes) is 1. The second-order valence-corrected chi connectivity index (χ2v) is 11.4. The third-order valence-electron chi connectivity index (χ3n) is 6.99. The van der Waals surface area contributed by atoms with Crippen molar-refractivity contribution in [3.63, 3.8) is 0 Å². The average Bonchev–Trinajstić information content (AvgIpc) is 3.75. The van der Waals surface area contributed by atoms with Gasteiger partial charge in [-0.15, -0.1) is 5.10 Å². The SMILES string of the molecule is CCCCOc1ccc(-c2nn(-c3ccccc3)cc2/C=c2\sc3nc(/C=C/c4ccc(OCCC)cc4)nn3c2=O)cc1F. The third-order valence-corrected chi connectivity index (χ3v) is 7.95. The van der Waals surface area contributed by atoms with Crippen molar-refractivity contribution in [2.24, 2.45) is 0 Å². The zero-order valence-electron chi connectivity index (χ0n) is 25.0. The zero-order chi connectivity index (χ0) is 31.2. The number of fused-ring (bicyclic) bond motifs is 1. The molecule has 0 saturated carbocycles. The Bertz CT molecular complexity index is 2050. The fourth-order valence-corrected chi connectivity index (χ4v) is 5.55. The van der Waals surface area contributed by atoms with Crippen LogP contribution in [0.25, 0.3) is 40.1 Å². The Morgan fingerprint density at radius 1 is 0.911 bits per heavy atom. The fraction of sp³-hybridized carbons (Fsp3) is 0.200. The monoisotopic (exact) mass is 621 g/mol. The normalized spacial score (nSPS) is 12.0. The van der Waals surface area contributed by atoms with Gasteiger partial charge < -0.3 is 9.47 Å². The molecule has 0 radical (unpaired) electrons. The van der Waals surface area contributed by atoms with E-state index < -0.39 is 5.82 Å². The largest absolute Gasteiger partial charge is 0.494 e. The molecule has 10 heteroatoms. The van der Waals surface area contributed by atoms with Crippen molar-refractivity contribution < 1.29 is 13.9 Å². The first-order valence-corrected chi connectivity index (χ1v) is 15.7. The van der Waals surface area contributed by atoms with Crippen LogP contribution in [0.4, 0.5) is 4.39 Å². The van der Waals surface area contributed by atoms with Crippen molar-refractivity contribution in [2.45, 2.75) is 33.1 Å². The number of halogens is 1. The molecule has 3 heterocycles. The number of nitrogens with zero attached hydrogens (tertiary/aromatic N) is 5. The molecule has 8 nitrogen and oxygen atoms in total. The molecule has 0 fully saturated rings. The van der Waals surface area contributed by atoms with E-state index >= 15 is 4.39 Å². The van der Waals surface area contributed by atoms with Gasteiger partial charge in [-0.2, -0.15) is 14.6 Å². The van der Waals surface area contributed by atoms with Crippen LogP contribution in [0.15, 0.2) is 83.8 Å². The molecule has 3 aromatic heterocycles. The predicted octanol–water partition coefficient (Wildman–Crippen LogP) is 6.83. The van der Waals surface area contributed by atoms with E-state index in [0.29, 0.717) is 45.4 Å². The number of hydrogen-bond acceptors (Lipinski definition) is 7. The molecule has 45 heavy (non-hydrogen) atoms. The Morgan fingerprint density at radius 3 is 2.47 bits per heavy atom. The van der Waals surface area contributed by atoms with Gasteiger partial charge in [0.05, 0.1) is 23.4 Å². The molecule has 0 aliphatic carbocycles. The van der Waals surface area contributed by atoms with Gasteiger partial charge in [-0.3, -0.25) is 4.79 Å². The van der Waals surface area contributed by atoms with E-state index in [9.17, 15) is 4.79 Å². The minimum atomic E-state index is -0.464. The molecular formula is C35H32FN5O3S. The molecule has 6 aromatic rings. The molecule has 0 amide bonds. The lowest BCUT2D eigenvalue weighted by Gasteiger charge is -2.08. The van der Waals surface area contributed by atoms with E-state index in [1.807, 2.05) is 66.9 Å². The summed E-state index contributed by atoms with van der Waals surface area (Å²) in [5, 5.41) is 9.20. The van der Waals surface area contributed by atoms with Crippen LogP contribution in [-0.4, -0.2) is 37.6 Å². The van der Waals surface area contributed by atoms with Gasteiger partial charge in [-0.1, -0.05) is 68.0 Å². The Hall–Kier alpha value is -5.09. The summed E-state index contributed by atoms with van der Waals surface area (Å²) < 4.78 is 29.7. The van der Waals surface area contributed by atoms with Crippen LogP contribution in [0.2, 0.25) is 0 Å². The van der Waals surface area contributed by atoms with Crippen molar-refractivity contribution in [2.75, 3.05) is 13.2 Å². The maximum atomic E-state index is 15.0. The molecule has 228 valence electrons. The van der Waals surface area contributed by atoms with Crippen LogP contribution < -0.4 is 19.6 Å². The fourth-order valence-electron chi connectivity index (χ4n) is 4.65. The van der Waals surface area contributed by atoms with Gasteiger partial charge in [0.15, 0.2) is 17.4 Å². The highest BCUT2D eigenvalue weighted by Crippen LogP contribution is 2.29. The lowest BCUT2D eigenvalue weighted by atomic mass is 10.1. The highest BCUT2D eigenvalue weighted by molar-refractivity contribution is 7.15. The van der Waals surface area contributed by atoms with Gasteiger partial charge in [-0.25, -0.2) is 9.07 Å². The lowest BCUT2D eigenvalue weighted by molar-refractivity contribution is 0.294. The van der Waals surface area contributed by atoms with Crippen molar-refractivity contribution in [1.29, 1.82) is 0 Å². The maximum Gasteiger partial charge on any atom is 0.291 e. The van der Waals surface area contributed by atoms with Crippen LogP contribution in [0.3, 0.4) is 0 Å². The van der Waals surface area contributed by atoms with E-state index in [-0.39, 0.29) is 11.3 Å². The number of aromatic nitrogens is 5. The third kappa shape index (κ3) is 6.86. The lowest BCUT2D eigenvalue weighted by Crippen LogP contribution is -2.23. The Morgan fingerprint density at radius 2 is 1.73 bits per heavy atom. The quantitative estimate of drug-likeness (QED) is 0.139. The standard InChI is InChI=1S/C35H32FN5O3S/c1-3-5-20-44-30-17-14-25(21-29(30)36)33-26(23-40(39-33)27-9-7-6-8-10-27)22-31-34(42)41-35(45-31)37-32(38-41)18-13-24-11-15-28(16-12-24)43-19-4-2/h6-18,21-23H,3-5,19-20H2,1-2H3/b18-13+,31-22-. The predicted molar refractivity (Wildman–Crippen MR) is 176 cm³/mol. The number of thiazole rings is 1. The molecule has 0 saturated heterocycles. The van der Waals surface area contributed by atoms with E-state index in [1.54, 1.807) is 29.0 Å². The first-order chi connectivity index (χ1) is 22.0. The van der Waals surface area contributed by atoms with Crippen molar-refractivity contribution >= 4 is 34.5 Å². The topological polar surface area (TPSA) is 83.5 Å². The van der Waals surface area contributed by atoms with Crippen molar-refractivity contribution in [1.82, 2.24) is 24.4 Å². The summed E-state index contributed by atoms with van der Waals surface area (Å²) in [6.45, 7) is 5.25. The minimum Gasteiger partial charge on any atom is -0.494 e. The van der Waals surface area contributed by atoms with E-state index in [1.165, 1.54) is 21.9 Å². The van der Waals surface area contributed by atoms with E-state index in [4.69, 9.17) is 14.6 Å². The Kier molecular flexibility index (Phi) is 9.11. The summed E-state index contributed by atoms with van der Waals surface area (Å²) in [6, 6.07) is 22.2. The first kappa shape index (κ1) is 30.0.